The third-order valence-corrected chi connectivity index (χ3v) is 4.96. The number of hydrogen-bond acceptors (Lipinski definition) is 2. The molecule has 0 saturated heterocycles. The molecule has 0 atom stereocenters. The summed E-state index contributed by atoms with van der Waals surface area (Å²) in [6, 6.07) is 8.29. The standard InChI is InChI=1S/C21H33N3O/c1-3-24(4-2)17-20-13-9-8-12-19(20)16-23-21(25)22-15-14-18-10-6-5-7-11-18/h8-10,12-13H,3-7,11,14-17H2,1-2H3,(H2,22,23,25). The zero-order valence-corrected chi connectivity index (χ0v) is 15.8. The molecule has 2 rings (SSSR count). The highest BCUT2D eigenvalue weighted by Crippen LogP contribution is 2.19. The van der Waals surface area contributed by atoms with Crippen molar-refractivity contribution in [2.45, 2.75) is 59.0 Å². The van der Waals surface area contributed by atoms with Crippen molar-refractivity contribution in [3.05, 3.63) is 47.0 Å². The van der Waals surface area contributed by atoms with E-state index in [0.717, 1.165) is 32.6 Å². The maximum absolute atomic E-state index is 12.1. The second kappa shape index (κ2) is 10.9. The summed E-state index contributed by atoms with van der Waals surface area (Å²) in [4.78, 5) is 14.4. The number of carbonyl (C=O) groups excluding carboxylic acids is 1. The van der Waals surface area contributed by atoms with Gasteiger partial charge in [0.25, 0.3) is 0 Å². The zero-order chi connectivity index (χ0) is 17.9. The molecule has 1 aromatic carbocycles. The number of benzene rings is 1. The van der Waals surface area contributed by atoms with Gasteiger partial charge in [-0.15, -0.1) is 0 Å². The molecular weight excluding hydrogens is 310 g/mol. The van der Waals surface area contributed by atoms with E-state index in [0.29, 0.717) is 6.54 Å². The van der Waals surface area contributed by atoms with Gasteiger partial charge in [0.15, 0.2) is 0 Å². The predicted molar refractivity (Wildman–Crippen MR) is 104 cm³/mol. The average molecular weight is 344 g/mol. The molecule has 2 N–H and O–H groups in total. The summed E-state index contributed by atoms with van der Waals surface area (Å²) in [6.45, 7) is 8.66. The molecule has 0 radical (unpaired) electrons. The van der Waals surface area contributed by atoms with Crippen LogP contribution in [-0.2, 0) is 13.1 Å². The van der Waals surface area contributed by atoms with Gasteiger partial charge in [0.1, 0.15) is 0 Å². The molecule has 138 valence electrons. The number of rotatable bonds is 9. The van der Waals surface area contributed by atoms with Gasteiger partial charge in [-0.25, -0.2) is 4.79 Å². The van der Waals surface area contributed by atoms with Crippen LogP contribution in [0.15, 0.2) is 35.9 Å². The Kier molecular flexibility index (Phi) is 8.53. The van der Waals surface area contributed by atoms with Gasteiger partial charge in [-0.2, -0.15) is 0 Å². The molecule has 1 aromatic rings. The molecule has 0 unspecified atom stereocenters. The predicted octanol–water partition coefficient (Wildman–Crippen LogP) is 4.22. The van der Waals surface area contributed by atoms with Crippen LogP contribution in [0.25, 0.3) is 0 Å². The van der Waals surface area contributed by atoms with Crippen LogP contribution < -0.4 is 10.6 Å². The van der Waals surface area contributed by atoms with E-state index in [2.05, 4.69) is 53.7 Å². The smallest absolute Gasteiger partial charge is 0.315 e. The van der Waals surface area contributed by atoms with Crippen LogP contribution in [0.2, 0.25) is 0 Å². The Balaban J connectivity index is 1.76. The Morgan fingerprint density at radius 1 is 1.08 bits per heavy atom. The Morgan fingerprint density at radius 3 is 2.52 bits per heavy atom. The zero-order valence-electron chi connectivity index (χ0n) is 15.8. The molecular formula is C21H33N3O. The third kappa shape index (κ3) is 6.91. The van der Waals surface area contributed by atoms with E-state index in [4.69, 9.17) is 0 Å². The summed E-state index contributed by atoms with van der Waals surface area (Å²) in [6.07, 6.45) is 8.32. The fourth-order valence-electron chi connectivity index (χ4n) is 3.28. The molecule has 25 heavy (non-hydrogen) atoms. The van der Waals surface area contributed by atoms with E-state index in [9.17, 15) is 4.79 Å². The number of nitrogens with zero attached hydrogens (tertiary/aromatic N) is 1. The van der Waals surface area contributed by atoms with Crippen LogP contribution in [-0.4, -0.2) is 30.6 Å². The Bertz CT molecular complexity index is 564. The Morgan fingerprint density at radius 2 is 1.84 bits per heavy atom. The van der Waals surface area contributed by atoms with Crippen molar-refractivity contribution < 1.29 is 4.79 Å². The van der Waals surface area contributed by atoms with E-state index in [-0.39, 0.29) is 6.03 Å². The first kappa shape index (κ1) is 19.5. The molecule has 4 nitrogen and oxygen atoms in total. The van der Waals surface area contributed by atoms with E-state index < -0.39 is 0 Å². The second-order valence-corrected chi connectivity index (χ2v) is 6.70. The first-order valence-corrected chi connectivity index (χ1v) is 9.71. The third-order valence-electron chi connectivity index (χ3n) is 4.96. The molecule has 0 aromatic heterocycles. The summed E-state index contributed by atoms with van der Waals surface area (Å²) >= 11 is 0. The van der Waals surface area contributed by atoms with Crippen molar-refractivity contribution in [2.75, 3.05) is 19.6 Å². The maximum Gasteiger partial charge on any atom is 0.315 e. The lowest BCUT2D eigenvalue weighted by atomic mass is 9.97. The number of hydrogen-bond donors (Lipinski definition) is 2. The number of urea groups is 1. The van der Waals surface area contributed by atoms with Crippen molar-refractivity contribution in [3.63, 3.8) is 0 Å². The number of amides is 2. The van der Waals surface area contributed by atoms with Gasteiger partial charge < -0.3 is 10.6 Å². The van der Waals surface area contributed by atoms with Gasteiger partial charge in [0.2, 0.25) is 0 Å². The van der Waals surface area contributed by atoms with E-state index in [1.165, 1.54) is 42.4 Å². The lowest BCUT2D eigenvalue weighted by molar-refractivity contribution is 0.240. The fraction of sp³-hybridized carbons (Fsp3) is 0.571. The molecule has 1 aliphatic rings. The number of nitrogens with one attached hydrogen (secondary N) is 2. The molecule has 1 aliphatic carbocycles. The summed E-state index contributed by atoms with van der Waals surface area (Å²) in [5, 5.41) is 5.98. The summed E-state index contributed by atoms with van der Waals surface area (Å²) in [7, 11) is 0. The summed E-state index contributed by atoms with van der Waals surface area (Å²) < 4.78 is 0. The summed E-state index contributed by atoms with van der Waals surface area (Å²) in [5.74, 6) is 0. The molecule has 4 heteroatoms. The van der Waals surface area contributed by atoms with Crippen molar-refractivity contribution in [2.24, 2.45) is 0 Å². The summed E-state index contributed by atoms with van der Waals surface area (Å²) in [5.41, 5.74) is 3.98. The van der Waals surface area contributed by atoms with Gasteiger partial charge in [0.05, 0.1) is 0 Å². The normalized spacial score (nSPS) is 14.3. The number of carbonyl (C=O) groups is 1. The average Bonchev–Trinajstić information content (AvgIpc) is 2.66. The first-order chi connectivity index (χ1) is 12.2. The first-order valence-electron chi connectivity index (χ1n) is 9.71. The minimum atomic E-state index is -0.0750. The van der Waals surface area contributed by atoms with Crippen LogP contribution in [0.4, 0.5) is 4.79 Å². The van der Waals surface area contributed by atoms with Crippen LogP contribution in [0.3, 0.4) is 0 Å². The van der Waals surface area contributed by atoms with Gasteiger partial charge in [-0.1, -0.05) is 49.8 Å². The van der Waals surface area contributed by atoms with Crippen molar-refractivity contribution in [1.29, 1.82) is 0 Å². The molecule has 0 spiro atoms. The lowest BCUT2D eigenvalue weighted by Gasteiger charge is -2.20. The van der Waals surface area contributed by atoms with Crippen molar-refractivity contribution in [3.8, 4) is 0 Å². The van der Waals surface area contributed by atoms with Gasteiger partial charge in [-0.05, 0) is 56.3 Å². The molecule has 0 fully saturated rings. The Hall–Kier alpha value is -1.81. The molecule has 0 saturated carbocycles. The number of allylic oxidation sites excluding steroid dienone is 1. The van der Waals surface area contributed by atoms with Gasteiger partial charge in [-0.3, -0.25) is 4.90 Å². The second-order valence-electron chi connectivity index (χ2n) is 6.70. The highest BCUT2D eigenvalue weighted by Gasteiger charge is 2.08. The topological polar surface area (TPSA) is 44.4 Å². The van der Waals surface area contributed by atoms with Crippen LogP contribution in [0.5, 0.6) is 0 Å². The van der Waals surface area contributed by atoms with Crippen molar-refractivity contribution in [1.82, 2.24) is 15.5 Å². The minimum Gasteiger partial charge on any atom is -0.338 e. The molecule has 0 heterocycles. The fourth-order valence-corrected chi connectivity index (χ4v) is 3.28. The van der Waals surface area contributed by atoms with Gasteiger partial charge >= 0.3 is 6.03 Å². The van der Waals surface area contributed by atoms with Crippen LogP contribution in [0, 0.1) is 0 Å². The monoisotopic (exact) mass is 343 g/mol. The van der Waals surface area contributed by atoms with Crippen LogP contribution in [0.1, 0.15) is 57.1 Å². The van der Waals surface area contributed by atoms with Crippen molar-refractivity contribution >= 4 is 6.03 Å². The highest BCUT2D eigenvalue weighted by molar-refractivity contribution is 5.73. The lowest BCUT2D eigenvalue weighted by Crippen LogP contribution is -2.36. The highest BCUT2D eigenvalue weighted by atomic mass is 16.2. The van der Waals surface area contributed by atoms with Crippen LogP contribution >= 0.6 is 0 Å². The van der Waals surface area contributed by atoms with E-state index in [1.54, 1.807) is 0 Å². The SMILES string of the molecule is CCN(CC)Cc1ccccc1CNC(=O)NCCC1=CCCCC1. The van der Waals surface area contributed by atoms with E-state index in [1.807, 2.05) is 6.07 Å². The quantitative estimate of drug-likeness (QED) is 0.659. The van der Waals surface area contributed by atoms with E-state index >= 15 is 0 Å². The maximum atomic E-state index is 12.1. The molecule has 2 amide bonds. The minimum absolute atomic E-state index is 0.0750. The largest absolute Gasteiger partial charge is 0.338 e. The van der Waals surface area contributed by atoms with Gasteiger partial charge in [0, 0.05) is 19.6 Å². The Labute approximate surface area is 152 Å². The molecule has 0 bridgehead atoms. The molecule has 0 aliphatic heterocycles.